The zero-order chi connectivity index (χ0) is 18.0. The molecular weight excluding hydrogens is 310 g/mol. The van der Waals surface area contributed by atoms with Crippen LogP contribution in [0.4, 0.5) is 0 Å². The molecule has 0 saturated heterocycles. The average Bonchev–Trinajstić information content (AvgIpc) is 2.57. The summed E-state index contributed by atoms with van der Waals surface area (Å²) in [7, 11) is 0. The Hall–Kier alpha value is -0.570. The van der Waals surface area contributed by atoms with Crippen LogP contribution in [0.5, 0.6) is 0 Å². The van der Waals surface area contributed by atoms with E-state index in [2.05, 4.69) is 13.8 Å². The lowest BCUT2D eigenvalue weighted by atomic mass is 9.84. The van der Waals surface area contributed by atoms with Crippen molar-refractivity contribution in [1.29, 1.82) is 0 Å². The number of unbranched alkanes of at least 4 members (excludes halogenated alkanes) is 12. The molecule has 0 spiro atoms. The van der Waals surface area contributed by atoms with E-state index in [1.807, 2.05) is 6.92 Å². The van der Waals surface area contributed by atoms with Crippen LogP contribution in [0, 0.1) is 11.8 Å². The average molecular weight is 358 g/mol. The summed E-state index contributed by atoms with van der Waals surface area (Å²) in [5, 5.41) is 11.2. The molecule has 0 aliphatic carbocycles. The SMILES string of the molecule is CCCCCCCCCC(CCCCCCCCC)C(C)C(=O)[O-].[NH4+]. The molecule has 0 saturated carbocycles. The van der Waals surface area contributed by atoms with Crippen LogP contribution < -0.4 is 11.3 Å². The molecule has 0 fully saturated rings. The Bertz CT molecular complexity index is 263. The third-order valence-electron chi connectivity index (χ3n) is 5.44. The standard InChI is InChI=1S/C22H44O2.H3N/c1-4-6-8-10-12-14-16-18-21(20(3)22(23)24)19-17-15-13-11-9-7-5-2;/h20-21H,4-19H2,1-3H3,(H,23,24);1H3. The lowest BCUT2D eigenvalue weighted by molar-refractivity contribution is -0.312. The first-order valence-corrected chi connectivity index (χ1v) is 10.8. The van der Waals surface area contributed by atoms with Crippen LogP contribution in [0.25, 0.3) is 0 Å². The molecule has 0 bridgehead atoms. The van der Waals surface area contributed by atoms with E-state index in [4.69, 9.17) is 0 Å². The molecule has 1 unspecified atom stereocenters. The maximum Gasteiger partial charge on any atom is 0.0445 e. The maximum atomic E-state index is 11.2. The Balaban J connectivity index is 0. The molecule has 25 heavy (non-hydrogen) atoms. The molecule has 3 heteroatoms. The van der Waals surface area contributed by atoms with Crippen LogP contribution in [0.3, 0.4) is 0 Å². The van der Waals surface area contributed by atoms with Crippen LogP contribution in [0.15, 0.2) is 0 Å². The van der Waals surface area contributed by atoms with Gasteiger partial charge in [0.1, 0.15) is 0 Å². The van der Waals surface area contributed by atoms with Crippen molar-refractivity contribution in [3.05, 3.63) is 0 Å². The van der Waals surface area contributed by atoms with Crippen LogP contribution in [-0.2, 0) is 4.79 Å². The Morgan fingerprint density at radius 3 is 1.32 bits per heavy atom. The minimum atomic E-state index is -0.856. The first kappa shape index (κ1) is 26.7. The van der Waals surface area contributed by atoms with Crippen LogP contribution in [0.1, 0.15) is 124 Å². The van der Waals surface area contributed by atoms with Crippen molar-refractivity contribution in [2.24, 2.45) is 11.8 Å². The molecule has 0 aliphatic heterocycles. The van der Waals surface area contributed by atoms with E-state index >= 15 is 0 Å². The fourth-order valence-corrected chi connectivity index (χ4v) is 3.56. The van der Waals surface area contributed by atoms with Crippen molar-refractivity contribution in [2.45, 2.75) is 124 Å². The third-order valence-corrected chi connectivity index (χ3v) is 5.44. The number of carbonyl (C=O) groups is 1. The van der Waals surface area contributed by atoms with E-state index in [0.717, 1.165) is 12.8 Å². The lowest BCUT2D eigenvalue weighted by Crippen LogP contribution is -2.34. The topological polar surface area (TPSA) is 76.6 Å². The molecule has 0 heterocycles. The first-order valence-electron chi connectivity index (χ1n) is 10.8. The summed E-state index contributed by atoms with van der Waals surface area (Å²) in [5.41, 5.74) is 0. The van der Waals surface area contributed by atoms with Gasteiger partial charge in [0.05, 0.1) is 0 Å². The van der Waals surface area contributed by atoms with Crippen molar-refractivity contribution in [1.82, 2.24) is 6.15 Å². The van der Waals surface area contributed by atoms with E-state index in [-0.39, 0.29) is 12.1 Å². The van der Waals surface area contributed by atoms with Crippen molar-refractivity contribution in [2.75, 3.05) is 0 Å². The van der Waals surface area contributed by atoms with Crippen molar-refractivity contribution in [3.63, 3.8) is 0 Å². The number of carbonyl (C=O) groups excluding carboxylic acids is 1. The highest BCUT2D eigenvalue weighted by molar-refractivity contribution is 5.67. The summed E-state index contributed by atoms with van der Waals surface area (Å²) >= 11 is 0. The molecular formula is C22H47NO2. The van der Waals surface area contributed by atoms with Crippen LogP contribution in [-0.4, -0.2) is 5.97 Å². The molecule has 0 rings (SSSR count). The van der Waals surface area contributed by atoms with Gasteiger partial charge in [-0.2, -0.15) is 0 Å². The predicted octanol–water partition coefficient (Wildman–Crippen LogP) is 6.65. The number of hydrogen-bond acceptors (Lipinski definition) is 2. The monoisotopic (exact) mass is 357 g/mol. The summed E-state index contributed by atoms with van der Waals surface area (Å²) < 4.78 is 0. The van der Waals surface area contributed by atoms with Gasteiger partial charge in [-0.15, -0.1) is 0 Å². The zero-order valence-corrected chi connectivity index (χ0v) is 17.8. The van der Waals surface area contributed by atoms with Gasteiger partial charge in [0.25, 0.3) is 0 Å². The van der Waals surface area contributed by atoms with E-state index in [1.165, 1.54) is 89.9 Å². The van der Waals surface area contributed by atoms with Crippen molar-refractivity contribution < 1.29 is 9.90 Å². The van der Waals surface area contributed by atoms with Crippen LogP contribution >= 0.6 is 0 Å². The van der Waals surface area contributed by atoms with Gasteiger partial charge in [-0.1, -0.05) is 111 Å². The van der Waals surface area contributed by atoms with Gasteiger partial charge in [0, 0.05) is 5.97 Å². The molecule has 0 aromatic carbocycles. The van der Waals surface area contributed by atoms with Gasteiger partial charge in [-0.3, -0.25) is 0 Å². The Morgan fingerprint density at radius 1 is 0.680 bits per heavy atom. The largest absolute Gasteiger partial charge is 0.550 e. The second-order valence-electron chi connectivity index (χ2n) is 7.69. The predicted molar refractivity (Wildman–Crippen MR) is 109 cm³/mol. The van der Waals surface area contributed by atoms with Gasteiger partial charge in [0.2, 0.25) is 0 Å². The van der Waals surface area contributed by atoms with E-state index < -0.39 is 5.97 Å². The fourth-order valence-electron chi connectivity index (χ4n) is 3.56. The Morgan fingerprint density at radius 2 is 1.00 bits per heavy atom. The summed E-state index contributed by atoms with van der Waals surface area (Å²) in [6.45, 7) is 6.34. The maximum absolute atomic E-state index is 11.2. The summed E-state index contributed by atoms with van der Waals surface area (Å²) in [4.78, 5) is 11.2. The van der Waals surface area contributed by atoms with Crippen molar-refractivity contribution in [3.8, 4) is 0 Å². The second-order valence-corrected chi connectivity index (χ2v) is 7.69. The summed E-state index contributed by atoms with van der Waals surface area (Å²) in [5.74, 6) is -0.822. The van der Waals surface area contributed by atoms with E-state index in [0.29, 0.717) is 5.92 Å². The van der Waals surface area contributed by atoms with Gasteiger partial charge in [0.15, 0.2) is 0 Å². The molecule has 3 nitrogen and oxygen atoms in total. The zero-order valence-electron chi connectivity index (χ0n) is 17.8. The lowest BCUT2D eigenvalue weighted by Gasteiger charge is -2.25. The van der Waals surface area contributed by atoms with Crippen molar-refractivity contribution >= 4 is 5.97 Å². The number of rotatable bonds is 18. The number of quaternary nitrogens is 1. The summed E-state index contributed by atoms with van der Waals surface area (Å²) in [6.07, 6.45) is 20.3. The molecule has 0 radical (unpaired) electrons. The fraction of sp³-hybridized carbons (Fsp3) is 0.955. The van der Waals surface area contributed by atoms with E-state index in [1.54, 1.807) is 0 Å². The summed E-state index contributed by atoms with van der Waals surface area (Å²) in [6, 6.07) is 0. The minimum absolute atomic E-state index is 0. The smallest absolute Gasteiger partial charge is 0.0445 e. The van der Waals surface area contributed by atoms with Gasteiger partial charge >= 0.3 is 0 Å². The van der Waals surface area contributed by atoms with Gasteiger partial charge in [-0.05, 0) is 24.7 Å². The number of aliphatic carboxylic acids is 1. The highest BCUT2D eigenvalue weighted by Crippen LogP contribution is 2.25. The highest BCUT2D eigenvalue weighted by atomic mass is 16.4. The number of hydrogen-bond donors (Lipinski definition) is 1. The molecule has 0 aliphatic rings. The highest BCUT2D eigenvalue weighted by Gasteiger charge is 2.17. The number of carboxylic acids is 1. The second kappa shape index (κ2) is 19.8. The van der Waals surface area contributed by atoms with Gasteiger partial charge < -0.3 is 16.1 Å². The minimum Gasteiger partial charge on any atom is -0.550 e. The Labute approximate surface area is 157 Å². The quantitative estimate of drug-likeness (QED) is 0.279. The molecule has 1 atom stereocenters. The molecule has 0 aromatic heterocycles. The van der Waals surface area contributed by atoms with Crippen LogP contribution in [0.2, 0.25) is 0 Å². The molecule has 0 amide bonds. The molecule has 0 aromatic rings. The number of carboxylic acid groups (broad SMARTS) is 1. The first-order chi connectivity index (χ1) is 11.6. The Kier molecular flexibility index (Phi) is 21.1. The van der Waals surface area contributed by atoms with E-state index in [9.17, 15) is 9.90 Å². The molecule has 152 valence electrons. The normalized spacial score (nSPS) is 12.2. The van der Waals surface area contributed by atoms with Gasteiger partial charge in [-0.25, -0.2) is 0 Å². The third kappa shape index (κ3) is 16.6. The molecule has 4 N–H and O–H groups in total.